The zero-order valence-electron chi connectivity index (χ0n) is 65.0. The van der Waals surface area contributed by atoms with Crippen LogP contribution in [0.3, 0.4) is 0 Å². The second-order valence-corrected chi connectivity index (χ2v) is 30.1. The second kappa shape index (κ2) is 77.6. The number of hydrogen-bond acceptors (Lipinski definition) is 14. The average molecular weight is 1490 g/mol. The topological polar surface area (TPSA) is 231 Å². The van der Waals surface area contributed by atoms with E-state index >= 15 is 0 Å². The van der Waals surface area contributed by atoms with E-state index in [1.807, 2.05) is 0 Å². The Kier molecular flexibility index (Phi) is 74.5. The molecule has 103 heavy (non-hydrogen) atoms. The maximum atomic E-state index is 13.0. The SMILES string of the molecule is CC/C=C\C/C=C\C/C=C\C/C=C\C/C=C\CCCCCCCCCCCC(=O)OCC(COP(=O)(O)OCC(O)COP(=O)(O)OCC(O)COC(=O)CCCCCCCCCCCCCCC/C=C\C/C=C\C/C=C\C/C=C\CCCCC)OC(=O)CCCCCCC/C=C\CCCCCC. The summed E-state index contributed by atoms with van der Waals surface area (Å²) in [5, 5.41) is 20.6. The van der Waals surface area contributed by atoms with Gasteiger partial charge in [0.15, 0.2) is 6.10 Å². The number of ether oxygens (including phenoxy) is 3. The standard InChI is InChI=1S/C85H148O16P2/c1-4-7-10-13-16-19-22-25-27-29-31-33-35-37-38-39-40-42-44-45-47-49-51-54-56-59-62-65-68-71-83(88)95-74-80(86)75-97-102(91,92)98-76-81(87)77-99-103(93,94)100-79-82(101-85(90)73-70-67-64-61-58-53-24-21-18-15-12-9-6-3)78-96-84(89)72-69-66-63-60-57-55-52-50-48-46-43-41-36-34-32-30-28-26-23-20-17-14-11-8-5-2/h8,11,16-17,19-21,24-28,31-34,37-38,41,43,80-82,86-87H,4-7,9-10,12-15,18,22-23,29-30,35-36,39-40,42,44-79H2,1-3H3,(H,91,92)(H,93,94)/b11-8-,19-16-,20-17-,24-21-,27-25-,28-26-,33-31-,34-32-,38-37-,43-41-. The van der Waals surface area contributed by atoms with E-state index in [9.17, 15) is 43.5 Å². The fourth-order valence-corrected chi connectivity index (χ4v) is 12.5. The van der Waals surface area contributed by atoms with Crippen LogP contribution in [0.25, 0.3) is 0 Å². The Hall–Kier alpha value is -4.05. The Morgan fingerprint density at radius 2 is 0.515 bits per heavy atom. The van der Waals surface area contributed by atoms with Crippen LogP contribution in [0.4, 0.5) is 0 Å². The van der Waals surface area contributed by atoms with E-state index in [0.29, 0.717) is 19.3 Å². The third-order valence-electron chi connectivity index (χ3n) is 17.1. The van der Waals surface area contributed by atoms with Gasteiger partial charge in [0, 0.05) is 19.3 Å². The first-order valence-electron chi connectivity index (χ1n) is 40.8. The lowest BCUT2D eigenvalue weighted by Gasteiger charge is -2.21. The first kappa shape index (κ1) is 98.9. The molecule has 594 valence electrons. The Morgan fingerprint density at radius 1 is 0.282 bits per heavy atom. The van der Waals surface area contributed by atoms with Crippen molar-refractivity contribution in [2.24, 2.45) is 0 Å². The van der Waals surface area contributed by atoms with Gasteiger partial charge in [-0.15, -0.1) is 0 Å². The van der Waals surface area contributed by atoms with E-state index in [0.717, 1.165) is 148 Å². The van der Waals surface area contributed by atoms with E-state index < -0.39 is 91.5 Å². The van der Waals surface area contributed by atoms with Gasteiger partial charge in [0.05, 0.1) is 26.4 Å². The number of esters is 3. The van der Waals surface area contributed by atoms with Crippen LogP contribution >= 0.6 is 15.6 Å². The summed E-state index contributed by atoms with van der Waals surface area (Å²) in [5.74, 6) is -1.59. The highest BCUT2D eigenvalue weighted by Crippen LogP contribution is 2.45. The van der Waals surface area contributed by atoms with Crippen molar-refractivity contribution in [3.05, 3.63) is 122 Å². The van der Waals surface area contributed by atoms with Crippen molar-refractivity contribution in [1.82, 2.24) is 0 Å². The molecule has 18 heteroatoms. The minimum atomic E-state index is -4.93. The van der Waals surface area contributed by atoms with Crippen molar-refractivity contribution in [2.75, 3.05) is 39.6 Å². The number of aliphatic hydroxyl groups excluding tert-OH is 2. The van der Waals surface area contributed by atoms with Crippen molar-refractivity contribution in [1.29, 1.82) is 0 Å². The van der Waals surface area contributed by atoms with Crippen molar-refractivity contribution >= 4 is 33.6 Å². The normalized spacial score (nSPS) is 14.6. The van der Waals surface area contributed by atoms with Gasteiger partial charge in [-0.25, -0.2) is 9.13 Å². The van der Waals surface area contributed by atoms with Crippen LogP contribution in [0.2, 0.25) is 0 Å². The summed E-state index contributed by atoms with van der Waals surface area (Å²) in [5.41, 5.74) is 0. The van der Waals surface area contributed by atoms with Crippen LogP contribution < -0.4 is 0 Å². The molecule has 0 aliphatic carbocycles. The van der Waals surface area contributed by atoms with E-state index in [1.54, 1.807) is 0 Å². The molecule has 16 nitrogen and oxygen atoms in total. The number of phosphoric ester groups is 2. The molecule has 0 bridgehead atoms. The predicted octanol–water partition coefficient (Wildman–Crippen LogP) is 24.1. The Bertz CT molecular complexity index is 2360. The van der Waals surface area contributed by atoms with Gasteiger partial charge in [0.2, 0.25) is 0 Å². The molecule has 0 aliphatic rings. The summed E-state index contributed by atoms with van der Waals surface area (Å²) in [7, 11) is -9.79. The van der Waals surface area contributed by atoms with Crippen molar-refractivity contribution in [2.45, 2.75) is 360 Å². The van der Waals surface area contributed by atoms with Gasteiger partial charge in [-0.2, -0.15) is 0 Å². The largest absolute Gasteiger partial charge is 0.472 e. The fraction of sp³-hybridized carbons (Fsp3) is 0.729. The summed E-state index contributed by atoms with van der Waals surface area (Å²) in [4.78, 5) is 58.7. The molecule has 0 amide bonds. The summed E-state index contributed by atoms with van der Waals surface area (Å²) >= 11 is 0. The van der Waals surface area contributed by atoms with Gasteiger partial charge in [-0.05, 0) is 135 Å². The van der Waals surface area contributed by atoms with Gasteiger partial charge in [-0.3, -0.25) is 32.5 Å². The maximum absolute atomic E-state index is 13.0. The zero-order chi connectivity index (χ0) is 75.2. The molecule has 5 atom stereocenters. The fourth-order valence-electron chi connectivity index (χ4n) is 10.9. The van der Waals surface area contributed by atoms with Crippen LogP contribution in [0.5, 0.6) is 0 Å². The molecule has 0 fully saturated rings. The third-order valence-corrected chi connectivity index (χ3v) is 19.0. The van der Waals surface area contributed by atoms with Crippen molar-refractivity contribution in [3.8, 4) is 0 Å². The molecule has 5 unspecified atom stereocenters. The van der Waals surface area contributed by atoms with E-state index in [1.165, 1.54) is 135 Å². The highest BCUT2D eigenvalue weighted by Gasteiger charge is 2.29. The molecular formula is C85H148O16P2. The van der Waals surface area contributed by atoms with Crippen LogP contribution in [0.15, 0.2) is 122 Å². The molecule has 4 N–H and O–H groups in total. The number of allylic oxidation sites excluding steroid dienone is 20. The first-order chi connectivity index (χ1) is 50.2. The molecule has 0 saturated heterocycles. The summed E-state index contributed by atoms with van der Waals surface area (Å²) in [6, 6.07) is 0. The predicted molar refractivity (Wildman–Crippen MR) is 427 cm³/mol. The molecule has 0 rings (SSSR count). The monoisotopic (exact) mass is 1490 g/mol. The molecule has 0 radical (unpaired) electrons. The molecule has 0 aromatic rings. The number of unbranched alkanes of at least 4 members (excludes halogenated alkanes) is 34. The quantitative estimate of drug-likeness (QED) is 0.0146. The second-order valence-electron chi connectivity index (χ2n) is 27.2. The van der Waals surface area contributed by atoms with E-state index in [-0.39, 0.29) is 19.3 Å². The van der Waals surface area contributed by atoms with E-state index in [2.05, 4.69) is 142 Å². The number of aliphatic hydroxyl groups is 2. The Morgan fingerprint density at radius 3 is 0.845 bits per heavy atom. The lowest BCUT2D eigenvalue weighted by molar-refractivity contribution is -0.161. The van der Waals surface area contributed by atoms with Crippen LogP contribution in [0.1, 0.15) is 342 Å². The van der Waals surface area contributed by atoms with Crippen LogP contribution in [0, 0.1) is 0 Å². The number of phosphoric acid groups is 2. The Labute approximate surface area is 627 Å². The summed E-state index contributed by atoms with van der Waals surface area (Å²) < 4.78 is 61.2. The van der Waals surface area contributed by atoms with Gasteiger partial charge >= 0.3 is 33.6 Å². The molecule has 0 aromatic heterocycles. The molecular weight excluding hydrogens is 1340 g/mol. The number of carbonyl (C=O) groups is 3. The Balaban J connectivity index is 4.49. The smallest absolute Gasteiger partial charge is 0.463 e. The molecule has 0 spiro atoms. The van der Waals surface area contributed by atoms with Crippen molar-refractivity contribution in [3.63, 3.8) is 0 Å². The molecule has 0 aliphatic heterocycles. The number of carbonyl (C=O) groups excluding carboxylic acids is 3. The molecule has 0 saturated carbocycles. The first-order valence-corrected chi connectivity index (χ1v) is 43.8. The maximum Gasteiger partial charge on any atom is 0.472 e. The molecule has 0 aromatic carbocycles. The van der Waals surface area contributed by atoms with Gasteiger partial charge < -0.3 is 34.2 Å². The van der Waals surface area contributed by atoms with Gasteiger partial charge in [-0.1, -0.05) is 309 Å². The summed E-state index contributed by atoms with van der Waals surface area (Å²) in [6.07, 6.45) is 92.5. The average Bonchev–Trinajstić information content (AvgIpc) is 1.11. The highest BCUT2D eigenvalue weighted by atomic mass is 31.2. The number of hydrogen-bond donors (Lipinski definition) is 4. The highest BCUT2D eigenvalue weighted by molar-refractivity contribution is 7.47. The zero-order valence-corrected chi connectivity index (χ0v) is 66.7. The lowest BCUT2D eigenvalue weighted by atomic mass is 10.0. The number of rotatable bonds is 77. The lowest BCUT2D eigenvalue weighted by Crippen LogP contribution is -2.30. The van der Waals surface area contributed by atoms with Crippen LogP contribution in [-0.2, 0) is 55.8 Å². The van der Waals surface area contributed by atoms with Gasteiger partial charge in [0.25, 0.3) is 0 Å². The van der Waals surface area contributed by atoms with Crippen LogP contribution in [-0.4, -0.2) is 95.9 Å². The van der Waals surface area contributed by atoms with Gasteiger partial charge in [0.1, 0.15) is 25.4 Å². The third kappa shape index (κ3) is 78.8. The minimum Gasteiger partial charge on any atom is -0.463 e. The molecule has 0 heterocycles. The van der Waals surface area contributed by atoms with Crippen molar-refractivity contribution < 1.29 is 75.8 Å². The minimum absolute atomic E-state index is 0.0920. The summed E-state index contributed by atoms with van der Waals surface area (Å²) in [6.45, 7) is 2.53. The van der Waals surface area contributed by atoms with E-state index in [4.69, 9.17) is 32.3 Å².